The van der Waals surface area contributed by atoms with Gasteiger partial charge in [-0.25, -0.2) is 4.39 Å². The Bertz CT molecular complexity index is 390. The van der Waals surface area contributed by atoms with Gasteiger partial charge in [-0.15, -0.1) is 0 Å². The summed E-state index contributed by atoms with van der Waals surface area (Å²) in [5.41, 5.74) is 5.68. The van der Waals surface area contributed by atoms with Crippen LogP contribution < -0.4 is 10.5 Å². The Morgan fingerprint density at radius 3 is 2.73 bits per heavy atom. The Balaban J connectivity index is 2.27. The molecule has 2 rings (SSSR count). The summed E-state index contributed by atoms with van der Waals surface area (Å²) in [6, 6.07) is 4.64. The molecule has 0 spiro atoms. The molecule has 0 amide bonds. The summed E-state index contributed by atoms with van der Waals surface area (Å²) < 4.78 is 19.0. The lowest BCUT2D eigenvalue weighted by Gasteiger charge is -2.27. The van der Waals surface area contributed by atoms with E-state index in [9.17, 15) is 4.39 Å². The summed E-state index contributed by atoms with van der Waals surface area (Å²) in [5, 5.41) is 0. The van der Waals surface area contributed by atoms with Gasteiger partial charge in [0.15, 0.2) is 0 Å². The van der Waals surface area contributed by atoms with Gasteiger partial charge in [-0.05, 0) is 31.4 Å². The molecule has 1 fully saturated rings. The standard InChI is InChI=1S/C11H12FNOS/c12-8-5-2-6-9(10(8)11(13)15)14-7-3-1-4-7/h2,5-7H,1,3-4H2,(H2,13,15). The van der Waals surface area contributed by atoms with Crippen molar-refractivity contribution in [3.8, 4) is 5.75 Å². The van der Waals surface area contributed by atoms with E-state index >= 15 is 0 Å². The van der Waals surface area contributed by atoms with Crippen LogP contribution in [0.1, 0.15) is 24.8 Å². The maximum atomic E-state index is 13.4. The Hall–Kier alpha value is -1.16. The van der Waals surface area contributed by atoms with Gasteiger partial charge in [0, 0.05) is 0 Å². The third kappa shape index (κ3) is 2.09. The van der Waals surface area contributed by atoms with Gasteiger partial charge in [-0.2, -0.15) is 0 Å². The van der Waals surface area contributed by atoms with Gasteiger partial charge >= 0.3 is 0 Å². The predicted molar refractivity (Wildman–Crippen MR) is 60.6 cm³/mol. The quantitative estimate of drug-likeness (QED) is 0.802. The van der Waals surface area contributed by atoms with E-state index < -0.39 is 5.82 Å². The van der Waals surface area contributed by atoms with Crippen LogP contribution in [0.5, 0.6) is 5.75 Å². The minimum atomic E-state index is -0.417. The lowest BCUT2D eigenvalue weighted by Crippen LogP contribution is -2.26. The first kappa shape index (κ1) is 10.4. The lowest BCUT2D eigenvalue weighted by molar-refractivity contribution is 0.119. The number of rotatable bonds is 3. The first-order valence-electron chi connectivity index (χ1n) is 4.93. The molecule has 0 aromatic heterocycles. The fourth-order valence-corrected chi connectivity index (χ4v) is 1.71. The monoisotopic (exact) mass is 225 g/mol. The smallest absolute Gasteiger partial charge is 0.137 e. The summed E-state index contributed by atoms with van der Waals surface area (Å²) in [5.74, 6) is 0.0477. The van der Waals surface area contributed by atoms with Crippen molar-refractivity contribution in [2.75, 3.05) is 0 Å². The molecule has 0 bridgehead atoms. The van der Waals surface area contributed by atoms with Crippen LogP contribution in [-0.4, -0.2) is 11.1 Å². The van der Waals surface area contributed by atoms with Crippen molar-refractivity contribution in [2.24, 2.45) is 5.73 Å². The van der Waals surface area contributed by atoms with E-state index in [2.05, 4.69) is 0 Å². The van der Waals surface area contributed by atoms with E-state index in [1.807, 2.05) is 0 Å². The number of nitrogens with two attached hydrogens (primary N) is 1. The van der Waals surface area contributed by atoms with Crippen molar-refractivity contribution in [1.29, 1.82) is 0 Å². The van der Waals surface area contributed by atoms with Crippen LogP contribution in [0.25, 0.3) is 0 Å². The molecule has 0 unspecified atom stereocenters. The Labute approximate surface area is 93.2 Å². The second-order valence-corrected chi connectivity index (χ2v) is 4.09. The highest BCUT2D eigenvalue weighted by molar-refractivity contribution is 7.80. The molecule has 0 radical (unpaired) electrons. The highest BCUT2D eigenvalue weighted by Gasteiger charge is 2.21. The van der Waals surface area contributed by atoms with Gasteiger partial charge in [0.25, 0.3) is 0 Å². The van der Waals surface area contributed by atoms with Gasteiger partial charge in [0.05, 0.1) is 11.7 Å². The van der Waals surface area contributed by atoms with E-state index in [1.54, 1.807) is 12.1 Å². The van der Waals surface area contributed by atoms with Crippen molar-refractivity contribution < 1.29 is 9.13 Å². The number of benzene rings is 1. The number of halogens is 1. The highest BCUT2D eigenvalue weighted by atomic mass is 32.1. The largest absolute Gasteiger partial charge is 0.490 e. The van der Waals surface area contributed by atoms with Gasteiger partial charge in [-0.3, -0.25) is 0 Å². The summed E-state index contributed by atoms with van der Waals surface area (Å²) >= 11 is 4.80. The SMILES string of the molecule is NC(=S)c1c(F)cccc1OC1CCC1. The molecule has 15 heavy (non-hydrogen) atoms. The minimum absolute atomic E-state index is 0.0439. The summed E-state index contributed by atoms with van der Waals surface area (Å²) in [7, 11) is 0. The zero-order valence-corrected chi connectivity index (χ0v) is 9.02. The molecule has 0 heterocycles. The third-order valence-electron chi connectivity index (χ3n) is 2.57. The van der Waals surface area contributed by atoms with Gasteiger partial charge in [-0.1, -0.05) is 18.3 Å². The lowest BCUT2D eigenvalue weighted by atomic mass is 9.96. The van der Waals surface area contributed by atoms with Crippen LogP contribution in [-0.2, 0) is 0 Å². The maximum absolute atomic E-state index is 13.4. The average Bonchev–Trinajstić information content (AvgIpc) is 2.10. The van der Waals surface area contributed by atoms with E-state index in [4.69, 9.17) is 22.7 Å². The summed E-state index contributed by atoms with van der Waals surface area (Å²) in [4.78, 5) is 0.0439. The van der Waals surface area contributed by atoms with Gasteiger partial charge < -0.3 is 10.5 Å². The Kier molecular flexibility index (Phi) is 2.86. The molecule has 2 N–H and O–H groups in total. The number of hydrogen-bond donors (Lipinski definition) is 1. The Morgan fingerprint density at radius 1 is 1.47 bits per heavy atom. The number of thiocarbonyl (C=S) groups is 1. The van der Waals surface area contributed by atoms with Crippen molar-refractivity contribution in [2.45, 2.75) is 25.4 Å². The van der Waals surface area contributed by atoms with Crippen LogP contribution in [0, 0.1) is 5.82 Å². The number of ether oxygens (including phenoxy) is 1. The first-order chi connectivity index (χ1) is 7.18. The second-order valence-electron chi connectivity index (χ2n) is 3.65. The molecule has 2 nitrogen and oxygen atoms in total. The topological polar surface area (TPSA) is 35.2 Å². The number of hydrogen-bond acceptors (Lipinski definition) is 2. The first-order valence-corrected chi connectivity index (χ1v) is 5.34. The normalized spacial score (nSPS) is 15.8. The maximum Gasteiger partial charge on any atom is 0.137 e. The van der Waals surface area contributed by atoms with Crippen LogP contribution in [0.3, 0.4) is 0 Å². The Morgan fingerprint density at radius 2 is 2.20 bits per heavy atom. The molecule has 1 aromatic carbocycles. The van der Waals surface area contributed by atoms with Crippen molar-refractivity contribution in [3.63, 3.8) is 0 Å². The zero-order valence-electron chi connectivity index (χ0n) is 8.20. The molecule has 1 aliphatic rings. The highest BCUT2D eigenvalue weighted by Crippen LogP contribution is 2.28. The van der Waals surface area contributed by atoms with Crippen molar-refractivity contribution in [1.82, 2.24) is 0 Å². The van der Waals surface area contributed by atoms with Crippen molar-refractivity contribution >= 4 is 17.2 Å². The fourth-order valence-electron chi connectivity index (χ4n) is 1.51. The molecule has 1 aliphatic carbocycles. The molecule has 0 atom stereocenters. The predicted octanol–water partition coefficient (Wildman–Crippen LogP) is 2.39. The molecule has 0 saturated heterocycles. The summed E-state index contributed by atoms with van der Waals surface area (Å²) in [6.45, 7) is 0. The fraction of sp³-hybridized carbons (Fsp3) is 0.364. The van der Waals surface area contributed by atoms with E-state index in [0.29, 0.717) is 5.75 Å². The molecular formula is C11H12FNOS. The van der Waals surface area contributed by atoms with Gasteiger partial charge in [0.2, 0.25) is 0 Å². The van der Waals surface area contributed by atoms with Gasteiger partial charge in [0.1, 0.15) is 16.6 Å². The van der Waals surface area contributed by atoms with Crippen LogP contribution >= 0.6 is 12.2 Å². The van der Waals surface area contributed by atoms with E-state index in [1.165, 1.54) is 12.5 Å². The van der Waals surface area contributed by atoms with Crippen LogP contribution in [0.4, 0.5) is 4.39 Å². The molecule has 1 aromatic rings. The van der Waals surface area contributed by atoms with Crippen LogP contribution in [0.15, 0.2) is 18.2 Å². The van der Waals surface area contributed by atoms with E-state index in [0.717, 1.165) is 12.8 Å². The third-order valence-corrected chi connectivity index (χ3v) is 2.77. The van der Waals surface area contributed by atoms with Crippen molar-refractivity contribution in [3.05, 3.63) is 29.6 Å². The zero-order chi connectivity index (χ0) is 10.8. The second kappa shape index (κ2) is 4.14. The molecule has 1 saturated carbocycles. The average molecular weight is 225 g/mol. The summed E-state index contributed by atoms with van der Waals surface area (Å²) in [6.07, 6.45) is 3.41. The molecule has 0 aliphatic heterocycles. The minimum Gasteiger partial charge on any atom is -0.490 e. The van der Waals surface area contributed by atoms with Crippen LogP contribution in [0.2, 0.25) is 0 Å². The molecule has 4 heteroatoms. The van der Waals surface area contributed by atoms with E-state index in [-0.39, 0.29) is 16.7 Å². The molecule has 80 valence electrons. The molecular weight excluding hydrogens is 213 g/mol.